The summed E-state index contributed by atoms with van der Waals surface area (Å²) in [4.78, 5) is 10.4. The number of carboxylic acid groups (broad SMARTS) is 1. The number of hydrogen-bond donors (Lipinski definition) is 5. The Morgan fingerprint density at radius 2 is 1.71 bits per heavy atom. The van der Waals surface area contributed by atoms with Crippen LogP contribution in [0.4, 0.5) is 0 Å². The van der Waals surface area contributed by atoms with Crippen LogP contribution in [-0.4, -0.2) is 80.2 Å². The molecular formula is C6H10NaO9Sb. The minimum atomic E-state index is -5.28. The molecular weight excluding hydrogens is 361 g/mol. The van der Waals surface area contributed by atoms with Crippen LogP contribution in [0.1, 0.15) is 0 Å². The van der Waals surface area contributed by atoms with Crippen LogP contribution in [0.25, 0.3) is 0 Å². The first-order valence-electron chi connectivity index (χ1n) is 3.93. The van der Waals surface area contributed by atoms with Crippen LogP contribution in [0, 0.1) is 0 Å². The summed E-state index contributed by atoms with van der Waals surface area (Å²) in [7, 11) is 0. The summed E-state index contributed by atoms with van der Waals surface area (Å²) >= 11 is -5.28. The first kappa shape index (κ1) is 20.0. The monoisotopic (exact) mass is 370 g/mol. The van der Waals surface area contributed by atoms with Crippen molar-refractivity contribution in [1.29, 1.82) is 0 Å². The molecule has 0 saturated heterocycles. The van der Waals surface area contributed by atoms with E-state index in [1.165, 1.54) is 0 Å². The topological polar surface area (TPSA) is 175 Å². The Morgan fingerprint density at radius 3 is 1.94 bits per heavy atom. The van der Waals surface area contributed by atoms with Crippen molar-refractivity contribution in [1.82, 2.24) is 0 Å². The van der Waals surface area contributed by atoms with Crippen molar-refractivity contribution < 1.29 is 71.0 Å². The number of aliphatic carboxylic acids is 1. The molecule has 0 saturated carbocycles. The zero-order valence-corrected chi connectivity index (χ0v) is 13.3. The Labute approximate surface area is 125 Å². The summed E-state index contributed by atoms with van der Waals surface area (Å²) in [6.07, 6.45) is -7.05. The smallest absolute Gasteiger partial charge is 1.00 e. The normalized spacial score (nSPS) is 19.4. The van der Waals surface area contributed by atoms with E-state index in [2.05, 4.69) is 0 Å². The molecule has 0 aromatic carbocycles. The summed E-state index contributed by atoms with van der Waals surface area (Å²) in [5.74, 6) is -2.50. The summed E-state index contributed by atoms with van der Waals surface area (Å²) in [6, 6.07) is 0. The average Bonchev–Trinajstić information content (AvgIpc) is 2.23. The van der Waals surface area contributed by atoms with Crippen molar-refractivity contribution in [3.63, 3.8) is 0 Å². The molecule has 94 valence electrons. The van der Waals surface area contributed by atoms with Gasteiger partial charge in [-0.05, 0) is 0 Å². The predicted molar refractivity (Wildman–Crippen MR) is 42.2 cm³/mol. The van der Waals surface area contributed by atoms with E-state index < -0.39 is 54.6 Å². The standard InChI is InChI=1S/C6H11O7.Na.2O.Sb/c7-1-2(8)3(9)4(10)5(11)6(12)13;;;;/h2-4,7-11H,1H2,(H,12,13);;;;/q;+1;;;/p-1/t2-,3-,4+;;;;/m1..../s1. The summed E-state index contributed by atoms with van der Waals surface area (Å²) in [5, 5.41) is 55.0. The molecule has 0 heterocycles. The van der Waals surface area contributed by atoms with Crippen LogP contribution in [0.15, 0.2) is 0 Å². The maximum Gasteiger partial charge on any atom is 1.00 e. The maximum atomic E-state index is 10.6. The van der Waals surface area contributed by atoms with E-state index >= 15 is 0 Å². The Balaban J connectivity index is 0. The van der Waals surface area contributed by atoms with E-state index in [0.717, 1.165) is 0 Å². The molecule has 0 aliphatic carbocycles. The zero-order chi connectivity index (χ0) is 13.1. The summed E-state index contributed by atoms with van der Waals surface area (Å²) in [6.45, 7) is -1.06. The molecule has 0 amide bonds. The molecule has 4 atom stereocenters. The summed E-state index contributed by atoms with van der Waals surface area (Å²) in [5.41, 5.74) is 0. The molecule has 0 fully saturated rings. The van der Waals surface area contributed by atoms with Crippen molar-refractivity contribution in [3.8, 4) is 0 Å². The van der Waals surface area contributed by atoms with E-state index in [0.29, 0.717) is 0 Å². The third-order valence-electron chi connectivity index (χ3n) is 1.90. The van der Waals surface area contributed by atoms with Gasteiger partial charge in [-0.25, -0.2) is 0 Å². The van der Waals surface area contributed by atoms with Gasteiger partial charge in [0, 0.05) is 0 Å². The fourth-order valence-corrected chi connectivity index (χ4v) is 2.34. The molecule has 0 radical (unpaired) electrons. The van der Waals surface area contributed by atoms with Crippen LogP contribution in [0.3, 0.4) is 0 Å². The van der Waals surface area contributed by atoms with Gasteiger partial charge in [0.15, 0.2) is 0 Å². The average molecular weight is 371 g/mol. The van der Waals surface area contributed by atoms with Crippen molar-refractivity contribution in [3.05, 3.63) is 0 Å². The Morgan fingerprint density at radius 1 is 1.29 bits per heavy atom. The second kappa shape index (κ2) is 7.98. The molecule has 0 aromatic rings. The van der Waals surface area contributed by atoms with E-state index in [-0.39, 0.29) is 29.6 Å². The van der Waals surface area contributed by atoms with Crippen LogP contribution in [0.5, 0.6) is 0 Å². The SMILES string of the molecule is O=C([O-])[C@](O)([C@@H](O)[C@H](O)[C@H](O)CO)[Sb](=[O])=[O].[Na+]. The molecule has 17 heavy (non-hydrogen) atoms. The number of carbonyl (C=O) groups excluding carboxylic acids is 1. The van der Waals surface area contributed by atoms with E-state index in [4.69, 9.17) is 25.5 Å². The predicted octanol–water partition coefficient (Wildman–Crippen LogP) is -8.57. The molecule has 0 spiro atoms. The molecule has 0 aliphatic rings. The number of aliphatic hydroxyl groups excluding tert-OH is 4. The number of carboxylic acids is 1. The van der Waals surface area contributed by atoms with Crippen molar-refractivity contribution in [2.24, 2.45) is 0 Å². The molecule has 5 N–H and O–H groups in total. The fraction of sp³-hybridized carbons (Fsp3) is 0.833. The third kappa shape index (κ3) is 4.37. The number of aliphatic hydroxyl groups is 5. The number of hydrogen-bond acceptors (Lipinski definition) is 9. The van der Waals surface area contributed by atoms with Gasteiger partial charge in [-0.2, -0.15) is 0 Å². The Kier molecular flexibility index (Phi) is 9.39. The van der Waals surface area contributed by atoms with E-state index in [1.54, 1.807) is 0 Å². The Hall–Kier alpha value is 0.688. The second-order valence-corrected chi connectivity index (χ2v) is 6.37. The van der Waals surface area contributed by atoms with E-state index in [1.807, 2.05) is 0 Å². The molecule has 0 bridgehead atoms. The molecule has 0 aliphatic heterocycles. The molecule has 9 nitrogen and oxygen atoms in total. The first-order valence-corrected chi connectivity index (χ1v) is 7.29. The second-order valence-electron chi connectivity index (χ2n) is 2.96. The largest absolute Gasteiger partial charge is 1.00 e. The van der Waals surface area contributed by atoms with Crippen LogP contribution in [0.2, 0.25) is 0 Å². The number of carbonyl (C=O) groups is 1. The zero-order valence-electron chi connectivity index (χ0n) is 8.76. The Bertz CT molecular complexity index is 323. The van der Waals surface area contributed by atoms with Crippen LogP contribution < -0.4 is 34.7 Å². The van der Waals surface area contributed by atoms with Gasteiger partial charge in [-0.3, -0.25) is 0 Å². The van der Waals surface area contributed by atoms with Gasteiger partial charge < -0.3 is 0 Å². The minimum absolute atomic E-state index is 0. The molecule has 0 rings (SSSR count). The first-order chi connectivity index (χ1) is 7.19. The number of rotatable bonds is 6. The van der Waals surface area contributed by atoms with Crippen LogP contribution >= 0.6 is 0 Å². The van der Waals surface area contributed by atoms with Gasteiger partial charge in [0.05, 0.1) is 0 Å². The fourth-order valence-electron chi connectivity index (χ4n) is 0.860. The quantitative estimate of drug-likeness (QED) is 0.284. The van der Waals surface area contributed by atoms with Gasteiger partial charge in [0.1, 0.15) is 0 Å². The molecule has 11 heteroatoms. The minimum Gasteiger partial charge on any atom is 1.00 e. The van der Waals surface area contributed by atoms with Crippen molar-refractivity contribution >= 4 is 26.2 Å². The van der Waals surface area contributed by atoms with Gasteiger partial charge >= 0.3 is 126 Å². The van der Waals surface area contributed by atoms with Crippen LogP contribution in [-0.2, 0) is 10.8 Å². The maximum absolute atomic E-state index is 10.6. The molecule has 0 unspecified atom stereocenters. The third-order valence-corrected chi connectivity index (χ3v) is 4.76. The van der Waals surface area contributed by atoms with Crippen molar-refractivity contribution in [2.45, 2.75) is 21.9 Å². The molecule has 0 aromatic heterocycles. The van der Waals surface area contributed by atoms with Gasteiger partial charge in [-0.15, -0.1) is 0 Å². The van der Waals surface area contributed by atoms with Gasteiger partial charge in [0.25, 0.3) is 0 Å². The van der Waals surface area contributed by atoms with Gasteiger partial charge in [-0.1, -0.05) is 0 Å². The summed E-state index contributed by atoms with van der Waals surface area (Å²) < 4.78 is 17.6. The van der Waals surface area contributed by atoms with Crippen molar-refractivity contribution in [2.75, 3.05) is 6.61 Å². The van der Waals surface area contributed by atoms with E-state index in [9.17, 15) is 15.9 Å². The van der Waals surface area contributed by atoms with Gasteiger partial charge in [0.2, 0.25) is 0 Å².